The highest BCUT2D eigenvalue weighted by Gasteiger charge is 2.22. The van der Waals surface area contributed by atoms with Gasteiger partial charge >= 0.3 is 0 Å². The van der Waals surface area contributed by atoms with Crippen LogP contribution in [0.15, 0.2) is 40.9 Å². The number of carbonyl (C=O) groups is 1. The summed E-state index contributed by atoms with van der Waals surface area (Å²) in [4.78, 5) is 19.4. The summed E-state index contributed by atoms with van der Waals surface area (Å²) in [5.74, 6) is 0.980. The normalized spacial score (nSPS) is 10.8. The van der Waals surface area contributed by atoms with E-state index < -0.39 is 0 Å². The van der Waals surface area contributed by atoms with Crippen LogP contribution in [0, 0.1) is 0 Å². The molecule has 2 aromatic carbocycles. The second-order valence-corrected chi connectivity index (χ2v) is 7.30. The number of aromatic nitrogens is 1. The second-order valence-electron chi connectivity index (χ2n) is 5.44. The topological polar surface area (TPSA) is 51.7 Å². The van der Waals surface area contributed by atoms with E-state index in [1.807, 2.05) is 38.1 Å². The van der Waals surface area contributed by atoms with Crippen molar-refractivity contribution in [3.63, 3.8) is 0 Å². The van der Waals surface area contributed by atoms with Crippen molar-refractivity contribution in [2.24, 2.45) is 0 Å². The van der Waals surface area contributed by atoms with Gasteiger partial charge in [0.25, 0.3) is 5.91 Å². The minimum absolute atomic E-state index is 0.131. The Labute approximate surface area is 164 Å². The Kier molecular flexibility index (Phi) is 5.78. The highest BCUT2D eigenvalue weighted by Crippen LogP contribution is 2.37. The molecule has 3 aromatic rings. The van der Waals surface area contributed by atoms with E-state index in [1.54, 1.807) is 24.1 Å². The summed E-state index contributed by atoms with van der Waals surface area (Å²) in [7, 11) is 1.56. The summed E-state index contributed by atoms with van der Waals surface area (Å²) in [5, 5.41) is 0.683. The van der Waals surface area contributed by atoms with Gasteiger partial charge in [-0.15, -0.1) is 0 Å². The average Bonchev–Trinajstić information content (AvgIpc) is 3.07. The first-order chi connectivity index (χ1) is 12.6. The first-order valence-corrected chi connectivity index (χ1v) is 9.87. The summed E-state index contributed by atoms with van der Waals surface area (Å²) >= 11 is 4.98. The van der Waals surface area contributed by atoms with Gasteiger partial charge in [-0.3, -0.25) is 9.69 Å². The van der Waals surface area contributed by atoms with Crippen LogP contribution < -0.4 is 14.4 Å². The first kappa shape index (κ1) is 18.7. The molecule has 0 atom stereocenters. The number of carbonyl (C=O) groups excluding carboxylic acids is 1. The van der Waals surface area contributed by atoms with Crippen LogP contribution in [0.25, 0.3) is 10.2 Å². The zero-order valence-electron chi connectivity index (χ0n) is 14.8. The highest BCUT2D eigenvalue weighted by molar-refractivity contribution is 9.10. The number of hydrogen-bond acceptors (Lipinski definition) is 5. The maximum atomic E-state index is 13.1. The molecule has 3 rings (SSSR count). The molecule has 0 radical (unpaired) electrons. The molecule has 1 aromatic heterocycles. The molecule has 1 heterocycles. The first-order valence-electron chi connectivity index (χ1n) is 8.26. The lowest BCUT2D eigenvalue weighted by atomic mass is 10.1. The molecule has 26 heavy (non-hydrogen) atoms. The lowest BCUT2D eigenvalue weighted by Crippen LogP contribution is -2.30. The molecule has 0 aliphatic heterocycles. The molecule has 0 saturated heterocycles. The van der Waals surface area contributed by atoms with Gasteiger partial charge in [-0.1, -0.05) is 23.5 Å². The molecule has 5 nitrogen and oxygen atoms in total. The number of halogens is 1. The number of ether oxygens (including phenoxy) is 2. The standard InChI is InChI=1S/C19H19BrN2O3S/c1-4-22(19-21-14-8-6-7-9-16(14)26-19)18(23)12-10-13(20)17(25-5-2)15(11-12)24-3/h6-11H,4-5H2,1-3H3. The van der Waals surface area contributed by atoms with Gasteiger partial charge in [-0.05, 0) is 54.0 Å². The van der Waals surface area contributed by atoms with E-state index in [1.165, 1.54) is 11.3 Å². The zero-order valence-corrected chi connectivity index (χ0v) is 17.2. The summed E-state index contributed by atoms with van der Waals surface area (Å²) < 4.78 is 12.7. The van der Waals surface area contributed by atoms with Crippen molar-refractivity contribution in [3.8, 4) is 11.5 Å². The Hall–Kier alpha value is -2.12. The Bertz CT molecular complexity index is 909. The highest BCUT2D eigenvalue weighted by atomic mass is 79.9. The van der Waals surface area contributed by atoms with Crippen molar-refractivity contribution in [3.05, 3.63) is 46.4 Å². The number of thiazole rings is 1. The van der Waals surface area contributed by atoms with Crippen molar-refractivity contribution in [2.75, 3.05) is 25.2 Å². The Balaban J connectivity index is 1.99. The molecular weight excluding hydrogens is 416 g/mol. The van der Waals surface area contributed by atoms with Crippen LogP contribution in [0.2, 0.25) is 0 Å². The number of methoxy groups -OCH3 is 1. The van der Waals surface area contributed by atoms with Crippen molar-refractivity contribution < 1.29 is 14.3 Å². The molecule has 0 saturated carbocycles. The van der Waals surface area contributed by atoms with Gasteiger partial charge in [0.15, 0.2) is 16.6 Å². The third-order valence-electron chi connectivity index (χ3n) is 3.84. The van der Waals surface area contributed by atoms with Gasteiger partial charge in [0.05, 0.1) is 28.4 Å². The average molecular weight is 435 g/mol. The molecule has 0 spiro atoms. The maximum absolute atomic E-state index is 13.1. The molecule has 0 aliphatic carbocycles. The fourth-order valence-electron chi connectivity index (χ4n) is 2.62. The summed E-state index contributed by atoms with van der Waals surface area (Å²) in [6, 6.07) is 11.3. The number of para-hydroxylation sites is 1. The van der Waals surface area contributed by atoms with Gasteiger partial charge in [0.1, 0.15) is 0 Å². The number of rotatable bonds is 6. The maximum Gasteiger partial charge on any atom is 0.260 e. The van der Waals surface area contributed by atoms with E-state index in [0.717, 1.165) is 10.2 Å². The fraction of sp³-hybridized carbons (Fsp3) is 0.263. The number of fused-ring (bicyclic) bond motifs is 1. The minimum atomic E-state index is -0.131. The molecule has 0 N–H and O–H groups in total. The van der Waals surface area contributed by atoms with Crippen molar-refractivity contribution in [1.82, 2.24) is 4.98 Å². The molecule has 0 unspecified atom stereocenters. The molecule has 1 amide bonds. The van der Waals surface area contributed by atoms with Crippen LogP contribution >= 0.6 is 27.3 Å². The Morgan fingerprint density at radius 3 is 2.69 bits per heavy atom. The van der Waals surface area contributed by atoms with Gasteiger partial charge in [0, 0.05) is 12.1 Å². The fourth-order valence-corrected chi connectivity index (χ4v) is 4.21. The lowest BCUT2D eigenvalue weighted by Gasteiger charge is -2.19. The van der Waals surface area contributed by atoms with Gasteiger partial charge in [0.2, 0.25) is 0 Å². The van der Waals surface area contributed by atoms with Crippen molar-refractivity contribution in [2.45, 2.75) is 13.8 Å². The molecule has 0 bridgehead atoms. The molecule has 7 heteroatoms. The SMILES string of the molecule is CCOc1c(Br)cc(C(=O)N(CC)c2nc3ccccc3s2)cc1OC. The van der Waals surface area contributed by atoms with Crippen molar-refractivity contribution >= 4 is 48.5 Å². The van der Waals surface area contributed by atoms with E-state index >= 15 is 0 Å². The van der Waals surface area contributed by atoms with Crippen LogP contribution in [-0.4, -0.2) is 31.2 Å². The van der Waals surface area contributed by atoms with Gasteiger partial charge < -0.3 is 9.47 Å². The lowest BCUT2D eigenvalue weighted by molar-refractivity contribution is 0.0988. The van der Waals surface area contributed by atoms with Gasteiger partial charge in [-0.2, -0.15) is 0 Å². The second kappa shape index (κ2) is 8.05. The quantitative estimate of drug-likeness (QED) is 0.539. The third-order valence-corrected chi connectivity index (χ3v) is 5.49. The summed E-state index contributed by atoms with van der Waals surface area (Å²) in [6.45, 7) is 4.86. The smallest absolute Gasteiger partial charge is 0.260 e. The number of benzene rings is 2. The molecule has 0 fully saturated rings. The number of nitrogens with zero attached hydrogens (tertiary/aromatic N) is 2. The van der Waals surface area contributed by atoms with E-state index in [0.29, 0.717) is 39.8 Å². The van der Waals surface area contributed by atoms with Crippen LogP contribution in [0.4, 0.5) is 5.13 Å². The predicted molar refractivity (Wildman–Crippen MR) is 109 cm³/mol. The van der Waals surface area contributed by atoms with E-state index in [-0.39, 0.29) is 5.91 Å². The van der Waals surface area contributed by atoms with Crippen LogP contribution in [0.5, 0.6) is 11.5 Å². The molecule has 0 aliphatic rings. The minimum Gasteiger partial charge on any atom is -0.493 e. The largest absolute Gasteiger partial charge is 0.493 e. The molecule has 136 valence electrons. The third kappa shape index (κ3) is 3.54. The monoisotopic (exact) mass is 434 g/mol. The molecular formula is C19H19BrN2O3S. The van der Waals surface area contributed by atoms with Gasteiger partial charge in [-0.25, -0.2) is 4.98 Å². The van der Waals surface area contributed by atoms with E-state index in [4.69, 9.17) is 9.47 Å². The number of hydrogen-bond donors (Lipinski definition) is 0. The summed E-state index contributed by atoms with van der Waals surface area (Å²) in [5.41, 5.74) is 1.41. The van der Waals surface area contributed by atoms with Crippen molar-refractivity contribution in [1.29, 1.82) is 0 Å². The van der Waals surface area contributed by atoms with Crippen LogP contribution in [0.1, 0.15) is 24.2 Å². The van der Waals surface area contributed by atoms with Crippen LogP contribution in [-0.2, 0) is 0 Å². The Morgan fingerprint density at radius 1 is 1.27 bits per heavy atom. The zero-order chi connectivity index (χ0) is 18.7. The Morgan fingerprint density at radius 2 is 2.04 bits per heavy atom. The summed E-state index contributed by atoms with van der Waals surface area (Å²) in [6.07, 6.45) is 0. The van der Waals surface area contributed by atoms with E-state index in [9.17, 15) is 4.79 Å². The van der Waals surface area contributed by atoms with Crippen LogP contribution in [0.3, 0.4) is 0 Å². The number of amides is 1. The predicted octanol–water partition coefficient (Wildman–Crippen LogP) is 5.13. The van der Waals surface area contributed by atoms with E-state index in [2.05, 4.69) is 20.9 Å². The number of anilines is 1.